The molecular formula is C18H24O3. The van der Waals surface area contributed by atoms with Crippen molar-refractivity contribution in [1.29, 1.82) is 0 Å². The predicted octanol–water partition coefficient (Wildman–Crippen LogP) is 1.77. The second kappa shape index (κ2) is 7.12. The highest BCUT2D eigenvalue weighted by Gasteiger charge is 2.47. The largest absolute Gasteiger partial charge is 0.392 e. The Hall–Kier alpha value is -1.29. The molecule has 0 radical (unpaired) electrons. The van der Waals surface area contributed by atoms with Gasteiger partial charge in [0, 0.05) is 37.5 Å². The van der Waals surface area contributed by atoms with Gasteiger partial charge in [-0.25, -0.2) is 0 Å². The lowest BCUT2D eigenvalue weighted by atomic mass is 9.91. The predicted molar refractivity (Wildman–Crippen MR) is 81.0 cm³/mol. The van der Waals surface area contributed by atoms with Crippen LogP contribution in [0.15, 0.2) is 0 Å². The first-order valence-corrected chi connectivity index (χ1v) is 7.87. The molecule has 2 aliphatic rings. The molecule has 2 N–H and O–H groups in total. The summed E-state index contributed by atoms with van der Waals surface area (Å²) in [4.78, 5) is 11.5. The fraction of sp³-hybridized carbons (Fsp3) is 0.722. The van der Waals surface area contributed by atoms with E-state index in [1.807, 2.05) is 13.8 Å². The summed E-state index contributed by atoms with van der Waals surface area (Å²) in [6, 6.07) is 0. The number of hydrogen-bond acceptors (Lipinski definition) is 3. The first-order chi connectivity index (χ1) is 10.0. The third-order valence-electron chi connectivity index (χ3n) is 4.64. The molecule has 2 aliphatic carbocycles. The van der Waals surface area contributed by atoms with E-state index in [9.17, 15) is 15.0 Å². The minimum atomic E-state index is -0.723. The highest BCUT2D eigenvalue weighted by molar-refractivity contribution is 5.81. The third-order valence-corrected chi connectivity index (χ3v) is 4.64. The van der Waals surface area contributed by atoms with Crippen LogP contribution in [0.1, 0.15) is 46.0 Å². The van der Waals surface area contributed by atoms with Gasteiger partial charge in [-0.1, -0.05) is 25.7 Å². The van der Waals surface area contributed by atoms with Gasteiger partial charge in [0.2, 0.25) is 0 Å². The van der Waals surface area contributed by atoms with Crippen LogP contribution in [0, 0.1) is 47.4 Å². The summed E-state index contributed by atoms with van der Waals surface area (Å²) in [5, 5.41) is 20.2. The molecule has 6 atom stereocenters. The standard InChI is InChI=1S/C18H24O3/c1-3-4-5-6-12(2)17(20)8-7-15-16-11-14(19)9-13(16)10-18(15)21/h12-13,15-18,20-21H,3,6,9-11H2,1-2H3/t12-,13?,15+,16-,17+,18+/m0/s1. The maximum absolute atomic E-state index is 11.5. The minimum Gasteiger partial charge on any atom is -0.392 e. The number of aliphatic hydroxyl groups is 2. The van der Waals surface area contributed by atoms with Crippen molar-refractivity contribution in [2.45, 2.75) is 58.2 Å². The van der Waals surface area contributed by atoms with Crippen LogP contribution in [-0.4, -0.2) is 28.2 Å². The van der Waals surface area contributed by atoms with Gasteiger partial charge in [-0.05, 0) is 18.3 Å². The molecule has 0 saturated heterocycles. The van der Waals surface area contributed by atoms with Crippen molar-refractivity contribution < 1.29 is 15.0 Å². The van der Waals surface area contributed by atoms with Crippen LogP contribution in [0.25, 0.3) is 0 Å². The van der Waals surface area contributed by atoms with Crippen molar-refractivity contribution in [1.82, 2.24) is 0 Å². The Labute approximate surface area is 127 Å². The van der Waals surface area contributed by atoms with Crippen LogP contribution in [0.2, 0.25) is 0 Å². The van der Waals surface area contributed by atoms with Crippen molar-refractivity contribution >= 4 is 5.78 Å². The zero-order valence-electron chi connectivity index (χ0n) is 12.8. The summed E-state index contributed by atoms with van der Waals surface area (Å²) in [5.41, 5.74) is 0. The van der Waals surface area contributed by atoms with E-state index in [0.29, 0.717) is 25.7 Å². The normalized spacial score (nSPS) is 33.4. The molecule has 0 bridgehead atoms. The minimum absolute atomic E-state index is 0.00361. The molecule has 2 rings (SSSR count). The van der Waals surface area contributed by atoms with Crippen LogP contribution in [-0.2, 0) is 4.79 Å². The van der Waals surface area contributed by atoms with Crippen LogP contribution < -0.4 is 0 Å². The quantitative estimate of drug-likeness (QED) is 0.761. The highest BCUT2D eigenvalue weighted by atomic mass is 16.3. The third kappa shape index (κ3) is 3.88. The topological polar surface area (TPSA) is 57.5 Å². The van der Waals surface area contributed by atoms with Gasteiger partial charge in [0.25, 0.3) is 0 Å². The SMILES string of the molecule is CCC#CC[C@H](C)[C@H](O)C#C[C@H]1[C@H](O)CC2CC(=O)C[C@@H]21. The zero-order valence-corrected chi connectivity index (χ0v) is 12.8. The second-order valence-corrected chi connectivity index (χ2v) is 6.32. The van der Waals surface area contributed by atoms with E-state index in [0.717, 1.165) is 6.42 Å². The summed E-state index contributed by atoms with van der Waals surface area (Å²) in [6.45, 7) is 3.92. The fourth-order valence-electron chi connectivity index (χ4n) is 3.37. The van der Waals surface area contributed by atoms with Gasteiger partial charge in [0.05, 0.1) is 6.10 Å². The summed E-state index contributed by atoms with van der Waals surface area (Å²) < 4.78 is 0. The Bertz CT molecular complexity index is 502. The van der Waals surface area contributed by atoms with E-state index in [1.165, 1.54) is 0 Å². The average molecular weight is 288 g/mol. The molecule has 2 fully saturated rings. The van der Waals surface area contributed by atoms with E-state index >= 15 is 0 Å². The lowest BCUT2D eigenvalue weighted by Crippen LogP contribution is -2.20. The van der Waals surface area contributed by atoms with Gasteiger partial charge in [-0.3, -0.25) is 4.79 Å². The van der Waals surface area contributed by atoms with Crippen molar-refractivity contribution in [3.05, 3.63) is 0 Å². The van der Waals surface area contributed by atoms with Gasteiger partial charge in [-0.15, -0.1) is 11.8 Å². The van der Waals surface area contributed by atoms with Gasteiger partial charge in [0.1, 0.15) is 11.9 Å². The van der Waals surface area contributed by atoms with E-state index in [2.05, 4.69) is 23.7 Å². The number of rotatable bonds is 2. The van der Waals surface area contributed by atoms with E-state index in [1.54, 1.807) is 0 Å². The lowest BCUT2D eigenvalue weighted by molar-refractivity contribution is -0.118. The Balaban J connectivity index is 1.96. The van der Waals surface area contributed by atoms with Crippen molar-refractivity contribution in [3.8, 4) is 23.7 Å². The smallest absolute Gasteiger partial charge is 0.133 e. The monoisotopic (exact) mass is 288 g/mol. The van der Waals surface area contributed by atoms with Gasteiger partial charge in [0.15, 0.2) is 0 Å². The molecule has 0 aromatic heterocycles. The summed E-state index contributed by atoms with van der Waals surface area (Å²) >= 11 is 0. The maximum atomic E-state index is 11.5. The van der Waals surface area contributed by atoms with Crippen molar-refractivity contribution in [2.75, 3.05) is 0 Å². The van der Waals surface area contributed by atoms with Crippen molar-refractivity contribution in [2.24, 2.45) is 23.7 Å². The average Bonchev–Trinajstić information content (AvgIpc) is 2.91. The van der Waals surface area contributed by atoms with Crippen LogP contribution in [0.5, 0.6) is 0 Å². The maximum Gasteiger partial charge on any atom is 0.133 e. The van der Waals surface area contributed by atoms with Gasteiger partial charge < -0.3 is 10.2 Å². The molecule has 0 spiro atoms. The molecule has 3 nitrogen and oxygen atoms in total. The molecule has 21 heavy (non-hydrogen) atoms. The van der Waals surface area contributed by atoms with Crippen LogP contribution in [0.3, 0.4) is 0 Å². The number of aliphatic hydroxyl groups excluding tert-OH is 2. The Kier molecular flexibility index (Phi) is 5.45. The van der Waals surface area contributed by atoms with E-state index < -0.39 is 12.2 Å². The Morgan fingerprint density at radius 1 is 1.33 bits per heavy atom. The number of carbonyl (C=O) groups excluding carboxylic acids is 1. The van der Waals surface area contributed by atoms with Gasteiger partial charge >= 0.3 is 0 Å². The van der Waals surface area contributed by atoms with E-state index in [4.69, 9.17) is 0 Å². The molecule has 3 heteroatoms. The molecule has 0 amide bonds. The summed E-state index contributed by atoms with van der Waals surface area (Å²) in [6.07, 6.45) is 2.06. The number of hydrogen-bond donors (Lipinski definition) is 2. The first-order valence-electron chi connectivity index (χ1n) is 7.87. The van der Waals surface area contributed by atoms with Crippen LogP contribution >= 0.6 is 0 Å². The highest BCUT2D eigenvalue weighted by Crippen LogP contribution is 2.46. The lowest BCUT2D eigenvalue weighted by Gasteiger charge is -2.15. The van der Waals surface area contributed by atoms with Gasteiger partial charge in [-0.2, -0.15) is 0 Å². The molecule has 0 aliphatic heterocycles. The van der Waals surface area contributed by atoms with Crippen molar-refractivity contribution in [3.63, 3.8) is 0 Å². The second-order valence-electron chi connectivity index (χ2n) is 6.32. The number of fused-ring (bicyclic) bond motifs is 1. The van der Waals surface area contributed by atoms with E-state index in [-0.39, 0.29) is 29.5 Å². The zero-order chi connectivity index (χ0) is 15.4. The fourth-order valence-corrected chi connectivity index (χ4v) is 3.37. The molecule has 2 saturated carbocycles. The summed E-state index contributed by atoms with van der Waals surface area (Å²) in [5.74, 6) is 12.5. The Morgan fingerprint density at radius 2 is 2.10 bits per heavy atom. The molecule has 114 valence electrons. The molecular weight excluding hydrogens is 264 g/mol. The molecule has 0 heterocycles. The number of carbonyl (C=O) groups is 1. The number of ketones is 1. The molecule has 0 aromatic carbocycles. The molecule has 0 aromatic rings. The number of Topliss-reactive ketones (excluding diaryl/α,β-unsaturated/α-hetero) is 1. The first kappa shape index (κ1) is 16.1. The summed E-state index contributed by atoms with van der Waals surface area (Å²) in [7, 11) is 0. The Morgan fingerprint density at radius 3 is 2.81 bits per heavy atom. The molecule has 1 unspecified atom stereocenters. The van der Waals surface area contributed by atoms with Crippen LogP contribution in [0.4, 0.5) is 0 Å².